The average molecular weight is 262 g/mol. The summed E-state index contributed by atoms with van der Waals surface area (Å²) in [6, 6.07) is 0. The van der Waals surface area contributed by atoms with Crippen molar-refractivity contribution in [2.45, 2.75) is 24.1 Å². The number of halogens is 1. The van der Waals surface area contributed by atoms with Crippen LogP contribution in [0.2, 0.25) is 0 Å². The molecular weight excluding hydrogens is 246 g/mol. The van der Waals surface area contributed by atoms with Gasteiger partial charge in [0.1, 0.15) is 0 Å². The van der Waals surface area contributed by atoms with Crippen molar-refractivity contribution in [2.24, 2.45) is 11.8 Å². The molecule has 1 aliphatic carbocycles. The molecule has 1 N–H and O–H groups in total. The molecule has 1 amide bonds. The number of ether oxygens (including phenoxy) is 1. The van der Waals surface area contributed by atoms with Crippen LogP contribution in [-0.2, 0) is 9.53 Å². The highest BCUT2D eigenvalue weighted by Gasteiger charge is 2.30. The third-order valence-electron chi connectivity index (χ3n) is 2.91. The van der Waals surface area contributed by atoms with Crippen LogP contribution in [0.1, 0.15) is 19.3 Å². The van der Waals surface area contributed by atoms with Crippen LogP contribution in [0.3, 0.4) is 0 Å². The van der Waals surface area contributed by atoms with E-state index in [9.17, 15) is 4.79 Å². The van der Waals surface area contributed by atoms with Crippen LogP contribution in [0, 0.1) is 11.8 Å². The molecule has 2 aliphatic rings. The third kappa shape index (κ3) is 2.70. The molecule has 1 saturated carbocycles. The zero-order valence-electron chi connectivity index (χ0n) is 8.17. The second kappa shape index (κ2) is 4.62. The summed E-state index contributed by atoms with van der Waals surface area (Å²) in [5.41, 5.74) is 0. The normalized spacial score (nSPS) is 28.8. The maximum Gasteiger partial charge on any atom is 0.225 e. The number of alkyl halides is 1. The molecule has 1 aliphatic heterocycles. The van der Waals surface area contributed by atoms with Gasteiger partial charge in [-0.2, -0.15) is 0 Å². The fraction of sp³-hybridized carbons (Fsp3) is 0.900. The lowest BCUT2D eigenvalue weighted by Gasteiger charge is -2.12. The minimum absolute atomic E-state index is 0.0916. The Morgan fingerprint density at radius 1 is 1.50 bits per heavy atom. The van der Waals surface area contributed by atoms with E-state index in [1.807, 2.05) is 0 Å². The van der Waals surface area contributed by atoms with E-state index in [2.05, 4.69) is 21.2 Å². The van der Waals surface area contributed by atoms with E-state index in [4.69, 9.17) is 4.74 Å². The smallest absolute Gasteiger partial charge is 0.225 e. The Kier molecular flexibility index (Phi) is 3.44. The first kappa shape index (κ1) is 10.4. The fourth-order valence-electron chi connectivity index (χ4n) is 1.71. The van der Waals surface area contributed by atoms with Crippen LogP contribution in [0.4, 0.5) is 0 Å². The van der Waals surface area contributed by atoms with Crippen LogP contribution in [0.5, 0.6) is 0 Å². The molecular formula is C10H16BrNO2. The lowest BCUT2D eigenvalue weighted by molar-refractivity contribution is -0.124. The largest absolute Gasteiger partial charge is 0.381 e. The van der Waals surface area contributed by atoms with Crippen molar-refractivity contribution in [2.75, 3.05) is 19.8 Å². The van der Waals surface area contributed by atoms with Crippen molar-refractivity contribution < 1.29 is 9.53 Å². The van der Waals surface area contributed by atoms with Gasteiger partial charge < -0.3 is 10.1 Å². The van der Waals surface area contributed by atoms with Gasteiger partial charge in [-0.25, -0.2) is 0 Å². The maximum absolute atomic E-state index is 11.6. The molecule has 0 aromatic rings. The molecule has 0 radical (unpaired) electrons. The van der Waals surface area contributed by atoms with Gasteiger partial charge in [0.2, 0.25) is 5.91 Å². The van der Waals surface area contributed by atoms with E-state index in [-0.39, 0.29) is 11.8 Å². The molecule has 2 atom stereocenters. The predicted molar refractivity (Wildman–Crippen MR) is 57.4 cm³/mol. The second-order valence-electron chi connectivity index (χ2n) is 4.16. The number of hydrogen-bond donors (Lipinski definition) is 1. The first-order valence-electron chi connectivity index (χ1n) is 5.27. The van der Waals surface area contributed by atoms with Crippen molar-refractivity contribution >= 4 is 21.8 Å². The summed E-state index contributed by atoms with van der Waals surface area (Å²) in [6.45, 7) is 2.10. The van der Waals surface area contributed by atoms with Gasteiger partial charge >= 0.3 is 0 Å². The van der Waals surface area contributed by atoms with Gasteiger partial charge in [-0.1, -0.05) is 15.9 Å². The Labute approximate surface area is 92.7 Å². The van der Waals surface area contributed by atoms with Crippen molar-refractivity contribution in [1.82, 2.24) is 5.32 Å². The topological polar surface area (TPSA) is 38.3 Å². The van der Waals surface area contributed by atoms with Crippen molar-refractivity contribution in [3.05, 3.63) is 0 Å². The summed E-state index contributed by atoms with van der Waals surface area (Å²) < 4.78 is 5.17. The van der Waals surface area contributed by atoms with Crippen LogP contribution >= 0.6 is 15.9 Å². The number of rotatable bonds is 4. The molecule has 0 spiro atoms. The van der Waals surface area contributed by atoms with E-state index >= 15 is 0 Å². The van der Waals surface area contributed by atoms with Gasteiger partial charge in [-0.05, 0) is 25.2 Å². The highest BCUT2D eigenvalue weighted by atomic mass is 79.9. The quantitative estimate of drug-likeness (QED) is 0.776. The molecule has 14 heavy (non-hydrogen) atoms. The van der Waals surface area contributed by atoms with Gasteiger partial charge in [0, 0.05) is 18.0 Å². The van der Waals surface area contributed by atoms with Gasteiger partial charge in [0.05, 0.1) is 12.5 Å². The Bertz CT molecular complexity index is 212. The summed E-state index contributed by atoms with van der Waals surface area (Å²) in [5, 5.41) is 2.98. The van der Waals surface area contributed by atoms with Crippen LogP contribution in [0.25, 0.3) is 0 Å². The van der Waals surface area contributed by atoms with E-state index in [0.717, 1.165) is 25.5 Å². The molecule has 1 heterocycles. The number of carbonyl (C=O) groups is 1. The second-order valence-corrected chi connectivity index (χ2v) is 5.34. The van der Waals surface area contributed by atoms with Crippen LogP contribution in [-0.4, -0.2) is 30.5 Å². The number of carbonyl (C=O) groups excluding carboxylic acids is 1. The summed E-state index contributed by atoms with van der Waals surface area (Å²) >= 11 is 3.60. The zero-order chi connectivity index (χ0) is 9.97. The Hall–Kier alpha value is -0.0900. The average Bonchev–Trinajstić information content (AvgIpc) is 2.90. The summed E-state index contributed by atoms with van der Waals surface area (Å²) in [5.74, 6) is 1.04. The lowest BCUT2D eigenvalue weighted by atomic mass is 10.1. The van der Waals surface area contributed by atoms with Gasteiger partial charge in [-0.15, -0.1) is 0 Å². The summed E-state index contributed by atoms with van der Waals surface area (Å²) in [4.78, 5) is 12.0. The highest BCUT2D eigenvalue weighted by Crippen LogP contribution is 2.36. The third-order valence-corrected chi connectivity index (χ3v) is 3.98. The number of nitrogens with one attached hydrogen (secondary N) is 1. The SMILES string of the molecule is O=C(NCC(Br)C1CC1)C1CCOC1. The van der Waals surface area contributed by atoms with Crippen molar-refractivity contribution in [1.29, 1.82) is 0 Å². The molecule has 0 aromatic carbocycles. The number of hydrogen-bond acceptors (Lipinski definition) is 2. The summed E-state index contributed by atoms with van der Waals surface area (Å²) in [7, 11) is 0. The van der Waals surface area contributed by atoms with Gasteiger partial charge in [-0.3, -0.25) is 4.79 Å². The van der Waals surface area contributed by atoms with Crippen molar-refractivity contribution in [3.63, 3.8) is 0 Å². The standard InChI is InChI=1S/C10H16BrNO2/c11-9(7-1-2-7)5-12-10(13)8-3-4-14-6-8/h7-9H,1-6H2,(H,12,13). The Morgan fingerprint density at radius 3 is 2.86 bits per heavy atom. The van der Waals surface area contributed by atoms with Crippen LogP contribution in [0.15, 0.2) is 0 Å². The van der Waals surface area contributed by atoms with E-state index in [0.29, 0.717) is 11.4 Å². The highest BCUT2D eigenvalue weighted by molar-refractivity contribution is 9.09. The zero-order valence-corrected chi connectivity index (χ0v) is 9.76. The van der Waals surface area contributed by atoms with Gasteiger partial charge in [0.25, 0.3) is 0 Å². The summed E-state index contributed by atoms with van der Waals surface area (Å²) in [6.07, 6.45) is 3.48. The molecule has 0 bridgehead atoms. The molecule has 2 fully saturated rings. The fourth-order valence-corrected chi connectivity index (χ4v) is 2.40. The molecule has 3 nitrogen and oxygen atoms in total. The predicted octanol–water partition coefficient (Wildman–Crippen LogP) is 1.31. The molecule has 1 saturated heterocycles. The lowest BCUT2D eigenvalue weighted by Crippen LogP contribution is -2.35. The molecule has 80 valence electrons. The number of amides is 1. The minimum atomic E-state index is 0.0916. The van der Waals surface area contributed by atoms with Crippen LogP contribution < -0.4 is 5.32 Å². The van der Waals surface area contributed by atoms with Crippen molar-refractivity contribution in [3.8, 4) is 0 Å². The first-order chi connectivity index (χ1) is 6.77. The van der Waals surface area contributed by atoms with Gasteiger partial charge in [0.15, 0.2) is 0 Å². The molecule has 2 rings (SSSR count). The first-order valence-corrected chi connectivity index (χ1v) is 6.18. The Morgan fingerprint density at radius 2 is 2.29 bits per heavy atom. The van der Waals surface area contributed by atoms with E-state index in [1.165, 1.54) is 12.8 Å². The molecule has 2 unspecified atom stereocenters. The van der Waals surface area contributed by atoms with E-state index in [1.54, 1.807) is 0 Å². The maximum atomic E-state index is 11.6. The van der Waals surface area contributed by atoms with E-state index < -0.39 is 0 Å². The Balaban J connectivity index is 1.66. The molecule has 0 aromatic heterocycles. The monoisotopic (exact) mass is 261 g/mol. The minimum Gasteiger partial charge on any atom is -0.381 e. The molecule has 4 heteroatoms.